The van der Waals surface area contributed by atoms with Crippen LogP contribution in [0.2, 0.25) is 0 Å². The zero-order chi connectivity index (χ0) is 14.3. The van der Waals surface area contributed by atoms with Crippen molar-refractivity contribution in [3.8, 4) is 5.88 Å². The maximum absolute atomic E-state index is 5.41. The summed E-state index contributed by atoms with van der Waals surface area (Å²) < 4.78 is 7.21. The molecule has 0 saturated carbocycles. The second-order valence-electron chi connectivity index (χ2n) is 5.24. The lowest BCUT2D eigenvalue weighted by molar-refractivity contribution is 0.365. The number of nitrogens with zero attached hydrogens (tertiary/aromatic N) is 2. The molecule has 0 fully saturated rings. The van der Waals surface area contributed by atoms with Crippen LogP contribution >= 0.6 is 0 Å². The lowest BCUT2D eigenvalue weighted by Gasteiger charge is -2.15. The smallest absolute Gasteiger partial charge is 0.216 e. The molecule has 0 radical (unpaired) electrons. The van der Waals surface area contributed by atoms with Crippen LogP contribution in [-0.2, 0) is 13.6 Å². The van der Waals surface area contributed by atoms with Gasteiger partial charge < -0.3 is 10.1 Å². The average Bonchev–Trinajstić information content (AvgIpc) is 2.67. The van der Waals surface area contributed by atoms with E-state index in [1.165, 1.54) is 31.2 Å². The van der Waals surface area contributed by atoms with Gasteiger partial charge in [-0.2, -0.15) is 5.10 Å². The molecule has 1 heterocycles. The Hall–Kier alpha value is -1.03. The first-order chi connectivity index (χ1) is 9.13. The second kappa shape index (κ2) is 8.20. The molecule has 19 heavy (non-hydrogen) atoms. The largest absolute Gasteiger partial charge is 0.481 e. The summed E-state index contributed by atoms with van der Waals surface area (Å²) >= 11 is 0. The van der Waals surface area contributed by atoms with Crippen LogP contribution in [0.3, 0.4) is 0 Å². The number of aromatic nitrogens is 2. The number of hydrogen-bond donors (Lipinski definition) is 1. The molecule has 1 unspecified atom stereocenters. The number of unbranched alkanes of at least 4 members (excludes halogenated alkanes) is 1. The Balaban J connectivity index is 2.48. The van der Waals surface area contributed by atoms with E-state index in [-0.39, 0.29) is 0 Å². The molecule has 0 saturated heterocycles. The van der Waals surface area contributed by atoms with Gasteiger partial charge in [-0.15, -0.1) is 0 Å². The van der Waals surface area contributed by atoms with Crippen molar-refractivity contribution in [2.45, 2.75) is 53.0 Å². The van der Waals surface area contributed by atoms with Gasteiger partial charge in [-0.1, -0.05) is 33.1 Å². The summed E-state index contributed by atoms with van der Waals surface area (Å²) in [6.45, 7) is 8.48. The first kappa shape index (κ1) is 16.0. The van der Waals surface area contributed by atoms with E-state index in [0.717, 1.165) is 30.6 Å². The number of rotatable bonds is 9. The predicted octanol–water partition coefficient (Wildman–Crippen LogP) is 3.04. The van der Waals surface area contributed by atoms with Gasteiger partial charge in [-0.05, 0) is 25.8 Å². The number of hydrogen-bond acceptors (Lipinski definition) is 3. The lowest BCUT2D eigenvalue weighted by atomic mass is 9.99. The van der Waals surface area contributed by atoms with Crippen LogP contribution in [0.15, 0.2) is 0 Å². The summed E-state index contributed by atoms with van der Waals surface area (Å²) in [5, 5.41) is 7.96. The van der Waals surface area contributed by atoms with Crippen LogP contribution in [0.4, 0.5) is 0 Å². The maximum atomic E-state index is 5.41. The molecule has 0 aliphatic rings. The van der Waals surface area contributed by atoms with Crippen molar-refractivity contribution >= 4 is 0 Å². The van der Waals surface area contributed by atoms with E-state index in [9.17, 15) is 0 Å². The van der Waals surface area contributed by atoms with Crippen molar-refractivity contribution in [2.75, 3.05) is 13.7 Å². The van der Waals surface area contributed by atoms with Crippen LogP contribution in [0, 0.1) is 12.8 Å². The first-order valence-corrected chi connectivity index (χ1v) is 7.41. The van der Waals surface area contributed by atoms with E-state index >= 15 is 0 Å². The minimum absolute atomic E-state index is 0.780. The quantitative estimate of drug-likeness (QED) is 0.747. The maximum Gasteiger partial charge on any atom is 0.216 e. The van der Waals surface area contributed by atoms with E-state index in [1.807, 2.05) is 14.0 Å². The number of aryl methyl sites for hydroxylation is 2. The molecule has 110 valence electrons. The SMILES string of the molecule is CCCCC(CC)CNCc1c(C)nn(C)c1OC. The Morgan fingerprint density at radius 2 is 2.11 bits per heavy atom. The van der Waals surface area contributed by atoms with Crippen molar-refractivity contribution in [3.05, 3.63) is 11.3 Å². The van der Waals surface area contributed by atoms with Crippen LogP contribution in [0.25, 0.3) is 0 Å². The molecule has 1 aromatic rings. The summed E-state index contributed by atoms with van der Waals surface area (Å²) in [5.74, 6) is 1.65. The molecule has 4 heteroatoms. The third-order valence-electron chi connectivity index (χ3n) is 3.76. The lowest BCUT2D eigenvalue weighted by Crippen LogP contribution is -2.22. The fraction of sp³-hybridized carbons (Fsp3) is 0.800. The van der Waals surface area contributed by atoms with Crippen LogP contribution in [0.5, 0.6) is 5.88 Å². The Bertz CT molecular complexity index is 374. The van der Waals surface area contributed by atoms with E-state index in [4.69, 9.17) is 4.74 Å². The summed E-state index contributed by atoms with van der Waals surface area (Å²) in [5.41, 5.74) is 2.23. The van der Waals surface area contributed by atoms with Crippen molar-refractivity contribution in [2.24, 2.45) is 13.0 Å². The molecule has 0 amide bonds. The minimum Gasteiger partial charge on any atom is -0.481 e. The highest BCUT2D eigenvalue weighted by atomic mass is 16.5. The summed E-state index contributed by atoms with van der Waals surface area (Å²) in [6, 6.07) is 0. The van der Waals surface area contributed by atoms with Crippen molar-refractivity contribution < 1.29 is 4.74 Å². The van der Waals surface area contributed by atoms with Crippen LogP contribution in [-0.4, -0.2) is 23.4 Å². The molecule has 1 aromatic heterocycles. The van der Waals surface area contributed by atoms with Crippen LogP contribution < -0.4 is 10.1 Å². The zero-order valence-corrected chi connectivity index (χ0v) is 13.1. The van der Waals surface area contributed by atoms with Gasteiger partial charge in [0.15, 0.2) is 0 Å². The highest BCUT2D eigenvalue weighted by molar-refractivity contribution is 5.30. The molecule has 0 aliphatic carbocycles. The third kappa shape index (κ3) is 4.53. The number of methoxy groups -OCH3 is 1. The Morgan fingerprint density at radius 1 is 1.37 bits per heavy atom. The Labute approximate surface area is 117 Å². The molecule has 1 rings (SSSR count). The fourth-order valence-electron chi connectivity index (χ4n) is 2.48. The van der Waals surface area contributed by atoms with Gasteiger partial charge in [0.1, 0.15) is 0 Å². The van der Waals surface area contributed by atoms with Crippen molar-refractivity contribution in [3.63, 3.8) is 0 Å². The van der Waals surface area contributed by atoms with Crippen LogP contribution in [0.1, 0.15) is 50.8 Å². The highest BCUT2D eigenvalue weighted by Gasteiger charge is 2.14. The standard InChI is InChI=1S/C15H29N3O/c1-6-8-9-13(7-2)10-16-11-14-12(3)17-18(4)15(14)19-5/h13,16H,6-11H2,1-5H3. The van der Waals surface area contributed by atoms with Gasteiger partial charge in [0, 0.05) is 13.6 Å². The van der Waals surface area contributed by atoms with E-state index in [0.29, 0.717) is 0 Å². The molecule has 0 aromatic carbocycles. The van der Waals surface area contributed by atoms with Gasteiger partial charge in [-0.3, -0.25) is 0 Å². The van der Waals surface area contributed by atoms with Gasteiger partial charge in [-0.25, -0.2) is 4.68 Å². The molecule has 0 aliphatic heterocycles. The monoisotopic (exact) mass is 267 g/mol. The second-order valence-corrected chi connectivity index (χ2v) is 5.24. The molecule has 1 atom stereocenters. The third-order valence-corrected chi connectivity index (χ3v) is 3.76. The van der Waals surface area contributed by atoms with Gasteiger partial charge in [0.25, 0.3) is 0 Å². The van der Waals surface area contributed by atoms with Crippen molar-refractivity contribution in [1.29, 1.82) is 0 Å². The summed E-state index contributed by atoms with van der Waals surface area (Å²) in [6.07, 6.45) is 5.18. The minimum atomic E-state index is 0.780. The molecule has 0 bridgehead atoms. The highest BCUT2D eigenvalue weighted by Crippen LogP contribution is 2.20. The number of ether oxygens (including phenoxy) is 1. The fourth-order valence-corrected chi connectivity index (χ4v) is 2.48. The Kier molecular flexibility index (Phi) is 6.92. The van der Waals surface area contributed by atoms with E-state index in [1.54, 1.807) is 11.8 Å². The topological polar surface area (TPSA) is 39.1 Å². The molecular weight excluding hydrogens is 238 g/mol. The zero-order valence-electron chi connectivity index (χ0n) is 13.1. The first-order valence-electron chi connectivity index (χ1n) is 7.41. The molecule has 0 spiro atoms. The molecule has 1 N–H and O–H groups in total. The van der Waals surface area contributed by atoms with Gasteiger partial charge in [0.05, 0.1) is 18.4 Å². The van der Waals surface area contributed by atoms with Crippen molar-refractivity contribution in [1.82, 2.24) is 15.1 Å². The van der Waals surface area contributed by atoms with E-state index < -0.39 is 0 Å². The van der Waals surface area contributed by atoms with E-state index in [2.05, 4.69) is 24.3 Å². The molecule has 4 nitrogen and oxygen atoms in total. The van der Waals surface area contributed by atoms with Gasteiger partial charge in [0.2, 0.25) is 5.88 Å². The molecular formula is C15H29N3O. The predicted molar refractivity (Wildman–Crippen MR) is 79.5 cm³/mol. The normalized spacial score (nSPS) is 12.7. The number of nitrogens with one attached hydrogen (secondary N) is 1. The summed E-state index contributed by atoms with van der Waals surface area (Å²) in [7, 11) is 3.63. The Morgan fingerprint density at radius 3 is 2.68 bits per heavy atom. The van der Waals surface area contributed by atoms with Gasteiger partial charge >= 0.3 is 0 Å². The summed E-state index contributed by atoms with van der Waals surface area (Å²) in [4.78, 5) is 0. The average molecular weight is 267 g/mol.